The van der Waals surface area contributed by atoms with Crippen molar-refractivity contribution in [3.63, 3.8) is 0 Å². The number of ether oxygens (including phenoxy) is 1. The van der Waals surface area contributed by atoms with E-state index in [1.165, 1.54) is 11.9 Å². The molecule has 176 valence electrons. The first-order chi connectivity index (χ1) is 16.5. The molecule has 0 atom stereocenters. The predicted molar refractivity (Wildman–Crippen MR) is 137 cm³/mol. The molecule has 0 spiro atoms. The van der Waals surface area contributed by atoms with Crippen LogP contribution in [-0.4, -0.2) is 57.6 Å². The molecule has 3 heterocycles. The van der Waals surface area contributed by atoms with E-state index in [9.17, 15) is 0 Å². The van der Waals surface area contributed by atoms with Crippen LogP contribution in [0.5, 0.6) is 11.5 Å². The number of hydrogen-bond acceptors (Lipinski definition) is 6. The normalized spacial score (nSPS) is 15.3. The summed E-state index contributed by atoms with van der Waals surface area (Å²) < 4.78 is 8.47. The van der Waals surface area contributed by atoms with E-state index in [0.29, 0.717) is 5.82 Å². The van der Waals surface area contributed by atoms with E-state index in [1.807, 2.05) is 24.3 Å². The van der Waals surface area contributed by atoms with Crippen LogP contribution < -0.4 is 10.5 Å². The van der Waals surface area contributed by atoms with Crippen molar-refractivity contribution in [2.24, 2.45) is 0 Å². The summed E-state index contributed by atoms with van der Waals surface area (Å²) in [5, 5.41) is 0.891. The second-order valence-corrected chi connectivity index (χ2v) is 9.31. The minimum absolute atomic E-state index is 0.268. The average Bonchev–Trinajstić information content (AvgIpc) is 3.24. The number of para-hydroxylation sites is 1. The Hall–Kier alpha value is -3.42. The second kappa shape index (κ2) is 9.44. The van der Waals surface area contributed by atoms with E-state index < -0.39 is 0 Å². The van der Waals surface area contributed by atoms with Crippen molar-refractivity contribution in [1.82, 2.24) is 24.3 Å². The fraction of sp³-hybridized carbons (Fsp3) is 0.333. The van der Waals surface area contributed by atoms with Crippen molar-refractivity contribution in [2.75, 3.05) is 39.0 Å². The molecule has 1 aliphatic rings. The molecule has 0 radical (unpaired) electrons. The Bertz CT molecular complexity index is 1270. The van der Waals surface area contributed by atoms with Gasteiger partial charge in [0.25, 0.3) is 0 Å². The Labute approximate surface area is 200 Å². The first-order valence-corrected chi connectivity index (χ1v) is 11.9. The van der Waals surface area contributed by atoms with Gasteiger partial charge in [0.2, 0.25) is 0 Å². The van der Waals surface area contributed by atoms with Crippen LogP contribution in [0.3, 0.4) is 0 Å². The van der Waals surface area contributed by atoms with Crippen LogP contribution in [-0.2, 0) is 6.54 Å². The average molecular weight is 457 g/mol. The largest absolute Gasteiger partial charge is 0.457 e. The highest BCUT2D eigenvalue weighted by Gasteiger charge is 2.18. The zero-order valence-electron chi connectivity index (χ0n) is 20.1. The standard InChI is InChI=1S/C27H32N6O/c1-19(2)33-17-23(25-26(28)29-18-30-27(25)33)20-8-10-22(11-9-20)34-24-7-5-4-6-21(24)16-32-14-12-31(3)13-15-32/h4-11,17-19H,12-16H2,1-3H3,(H2,28,29,30). The van der Waals surface area contributed by atoms with Crippen LogP contribution in [0, 0.1) is 0 Å². The second-order valence-electron chi connectivity index (χ2n) is 9.31. The van der Waals surface area contributed by atoms with Crippen LogP contribution >= 0.6 is 0 Å². The van der Waals surface area contributed by atoms with Gasteiger partial charge in [-0.05, 0) is 44.7 Å². The van der Waals surface area contributed by atoms with Crippen molar-refractivity contribution in [3.05, 3.63) is 66.6 Å². The van der Waals surface area contributed by atoms with E-state index >= 15 is 0 Å². The fourth-order valence-corrected chi connectivity index (χ4v) is 4.53. The number of piperazine rings is 1. The van der Waals surface area contributed by atoms with Gasteiger partial charge in [-0.1, -0.05) is 30.3 Å². The lowest BCUT2D eigenvalue weighted by atomic mass is 10.1. The SMILES string of the molecule is CC(C)n1cc(-c2ccc(Oc3ccccc3CN3CCN(C)CC3)cc2)c2c(N)ncnc21. The third-order valence-corrected chi connectivity index (χ3v) is 6.55. The van der Waals surface area contributed by atoms with E-state index in [0.717, 1.165) is 66.4 Å². The highest BCUT2D eigenvalue weighted by molar-refractivity contribution is 6.00. The number of nitrogens with zero attached hydrogens (tertiary/aromatic N) is 5. The van der Waals surface area contributed by atoms with E-state index in [4.69, 9.17) is 10.5 Å². The third kappa shape index (κ3) is 4.49. The van der Waals surface area contributed by atoms with Crippen LogP contribution in [0.4, 0.5) is 5.82 Å². The van der Waals surface area contributed by atoms with Gasteiger partial charge in [0, 0.05) is 56.1 Å². The molecule has 5 rings (SSSR count). The molecule has 1 saturated heterocycles. The zero-order chi connectivity index (χ0) is 23.7. The summed E-state index contributed by atoms with van der Waals surface area (Å²) in [6, 6.07) is 16.8. The Morgan fingerprint density at radius 1 is 0.971 bits per heavy atom. The van der Waals surface area contributed by atoms with Gasteiger partial charge in [-0.2, -0.15) is 0 Å². The first kappa shape index (κ1) is 22.4. The lowest BCUT2D eigenvalue weighted by Crippen LogP contribution is -2.43. The number of rotatable bonds is 6. The predicted octanol–water partition coefficient (Wildman–Crippen LogP) is 4.80. The number of likely N-dealkylation sites (N-methyl/N-ethyl adjacent to an activating group) is 1. The van der Waals surface area contributed by atoms with Crippen molar-refractivity contribution in [3.8, 4) is 22.6 Å². The summed E-state index contributed by atoms with van der Waals surface area (Å²) in [5.41, 5.74) is 10.4. The molecule has 0 bridgehead atoms. The maximum atomic E-state index is 6.33. The molecular formula is C27H32N6O. The molecule has 2 N–H and O–H groups in total. The summed E-state index contributed by atoms with van der Waals surface area (Å²) in [4.78, 5) is 13.6. The number of fused-ring (bicyclic) bond motifs is 1. The van der Waals surface area contributed by atoms with Gasteiger partial charge in [-0.25, -0.2) is 9.97 Å². The molecule has 1 aliphatic heterocycles. The molecule has 4 aromatic rings. The smallest absolute Gasteiger partial charge is 0.146 e. The molecule has 0 saturated carbocycles. The molecule has 7 heteroatoms. The lowest BCUT2D eigenvalue weighted by molar-refractivity contribution is 0.147. The molecule has 2 aromatic carbocycles. The first-order valence-electron chi connectivity index (χ1n) is 11.9. The highest BCUT2D eigenvalue weighted by atomic mass is 16.5. The zero-order valence-corrected chi connectivity index (χ0v) is 20.1. The van der Waals surface area contributed by atoms with Gasteiger partial charge in [0.15, 0.2) is 0 Å². The van der Waals surface area contributed by atoms with Gasteiger partial charge in [0.05, 0.1) is 5.39 Å². The van der Waals surface area contributed by atoms with Crippen LogP contribution in [0.1, 0.15) is 25.5 Å². The van der Waals surface area contributed by atoms with Crippen molar-refractivity contribution in [1.29, 1.82) is 0 Å². The van der Waals surface area contributed by atoms with Crippen molar-refractivity contribution < 1.29 is 4.74 Å². The van der Waals surface area contributed by atoms with Gasteiger partial charge in [0.1, 0.15) is 29.3 Å². The molecule has 2 aromatic heterocycles. The molecule has 7 nitrogen and oxygen atoms in total. The Balaban J connectivity index is 1.38. The monoisotopic (exact) mass is 456 g/mol. The Morgan fingerprint density at radius 2 is 1.71 bits per heavy atom. The quantitative estimate of drug-likeness (QED) is 0.449. The molecule has 0 amide bonds. The lowest BCUT2D eigenvalue weighted by Gasteiger charge is -2.32. The molecule has 1 fully saturated rings. The molecular weight excluding hydrogens is 424 g/mol. The minimum Gasteiger partial charge on any atom is -0.457 e. The van der Waals surface area contributed by atoms with E-state index in [2.05, 4.69) is 75.7 Å². The van der Waals surface area contributed by atoms with Crippen LogP contribution in [0.25, 0.3) is 22.2 Å². The van der Waals surface area contributed by atoms with Gasteiger partial charge < -0.3 is 19.9 Å². The van der Waals surface area contributed by atoms with Gasteiger partial charge in [-0.15, -0.1) is 0 Å². The summed E-state index contributed by atoms with van der Waals surface area (Å²) in [5.74, 6) is 2.21. The Kier molecular flexibility index (Phi) is 6.22. The van der Waals surface area contributed by atoms with Crippen LogP contribution in [0.2, 0.25) is 0 Å². The number of anilines is 1. The summed E-state index contributed by atoms with van der Waals surface area (Å²) in [7, 11) is 2.18. The topological polar surface area (TPSA) is 72.4 Å². The van der Waals surface area contributed by atoms with Gasteiger partial charge in [-0.3, -0.25) is 4.90 Å². The number of nitrogens with two attached hydrogens (primary N) is 1. The summed E-state index contributed by atoms with van der Waals surface area (Å²) in [6.45, 7) is 9.54. The molecule has 0 aliphatic carbocycles. The maximum Gasteiger partial charge on any atom is 0.146 e. The van der Waals surface area contributed by atoms with Crippen LogP contribution in [0.15, 0.2) is 61.1 Å². The number of hydrogen-bond donors (Lipinski definition) is 1. The fourth-order valence-electron chi connectivity index (χ4n) is 4.53. The molecule has 0 unspecified atom stereocenters. The van der Waals surface area contributed by atoms with E-state index in [-0.39, 0.29) is 6.04 Å². The van der Waals surface area contributed by atoms with Gasteiger partial charge >= 0.3 is 0 Å². The highest BCUT2D eigenvalue weighted by Crippen LogP contribution is 2.35. The number of nitrogen functional groups attached to an aromatic ring is 1. The number of benzene rings is 2. The summed E-state index contributed by atoms with van der Waals surface area (Å²) >= 11 is 0. The third-order valence-electron chi connectivity index (χ3n) is 6.55. The van der Waals surface area contributed by atoms with E-state index in [1.54, 1.807) is 0 Å². The minimum atomic E-state index is 0.268. The van der Waals surface area contributed by atoms with Crippen molar-refractivity contribution in [2.45, 2.75) is 26.4 Å². The number of aromatic nitrogens is 3. The van der Waals surface area contributed by atoms with Crippen molar-refractivity contribution >= 4 is 16.9 Å². The Morgan fingerprint density at radius 3 is 2.44 bits per heavy atom. The summed E-state index contributed by atoms with van der Waals surface area (Å²) in [6.07, 6.45) is 3.64. The molecule has 34 heavy (non-hydrogen) atoms. The maximum absolute atomic E-state index is 6.33.